The van der Waals surface area contributed by atoms with E-state index in [2.05, 4.69) is 6.07 Å². The lowest BCUT2D eigenvalue weighted by Crippen LogP contribution is -2.47. The van der Waals surface area contributed by atoms with E-state index in [1.807, 2.05) is 38.1 Å². The monoisotopic (exact) mass is 387 g/mol. The van der Waals surface area contributed by atoms with Gasteiger partial charge in [-0.2, -0.15) is 5.26 Å². The van der Waals surface area contributed by atoms with Crippen LogP contribution in [0, 0.1) is 27.6 Å². The van der Waals surface area contributed by atoms with E-state index in [0.717, 1.165) is 11.1 Å². The van der Waals surface area contributed by atoms with Gasteiger partial charge in [0.05, 0.1) is 11.6 Å². The molecule has 0 spiro atoms. The SMILES string of the molecule is CC1(C)[C@]2(C(=O)Oc3ccc(-c4ccc(C#N)cc4)cc3)CC[C@@]1(C)C(=O)C2=O. The summed E-state index contributed by atoms with van der Waals surface area (Å²) in [6.07, 6.45) is 0.848. The van der Waals surface area contributed by atoms with Crippen molar-refractivity contribution in [3.63, 3.8) is 0 Å². The molecule has 0 amide bonds. The number of fused-ring (bicyclic) bond motifs is 2. The Balaban J connectivity index is 1.58. The van der Waals surface area contributed by atoms with E-state index in [4.69, 9.17) is 10.00 Å². The van der Waals surface area contributed by atoms with E-state index < -0.39 is 33.8 Å². The molecule has 2 aliphatic carbocycles. The number of rotatable bonds is 3. The van der Waals surface area contributed by atoms with Gasteiger partial charge in [0.25, 0.3) is 0 Å². The van der Waals surface area contributed by atoms with Gasteiger partial charge in [0.1, 0.15) is 11.2 Å². The minimum atomic E-state index is -1.41. The maximum absolute atomic E-state index is 13.1. The van der Waals surface area contributed by atoms with Crippen LogP contribution in [-0.2, 0) is 14.4 Å². The number of esters is 1. The molecule has 0 radical (unpaired) electrons. The maximum Gasteiger partial charge on any atom is 0.326 e. The van der Waals surface area contributed by atoms with Crippen molar-refractivity contribution < 1.29 is 19.1 Å². The number of nitriles is 1. The minimum absolute atomic E-state index is 0.332. The fourth-order valence-corrected chi connectivity index (χ4v) is 4.87. The number of ketones is 2. The van der Waals surface area contributed by atoms with E-state index in [-0.39, 0.29) is 0 Å². The molecule has 2 fully saturated rings. The Morgan fingerprint density at radius 3 is 1.93 bits per heavy atom. The Labute approximate surface area is 169 Å². The van der Waals surface area contributed by atoms with Crippen molar-refractivity contribution in [1.29, 1.82) is 5.26 Å². The Bertz CT molecular complexity index is 1080. The number of carbonyl (C=O) groups excluding carboxylic acids is 3. The summed E-state index contributed by atoms with van der Waals surface area (Å²) >= 11 is 0. The molecule has 146 valence electrons. The van der Waals surface area contributed by atoms with Crippen LogP contribution in [0.25, 0.3) is 11.1 Å². The third kappa shape index (κ3) is 2.35. The number of benzene rings is 2. The molecule has 2 aliphatic rings. The Kier molecular flexibility index (Phi) is 4.02. The number of carbonyl (C=O) groups is 3. The lowest BCUT2D eigenvalue weighted by Gasteiger charge is -2.36. The van der Waals surface area contributed by atoms with Gasteiger partial charge in [-0.25, -0.2) is 0 Å². The van der Waals surface area contributed by atoms with Crippen LogP contribution in [0.3, 0.4) is 0 Å². The third-order valence-corrected chi connectivity index (χ3v) is 7.30. The molecule has 0 aliphatic heterocycles. The molecule has 2 saturated carbocycles. The fourth-order valence-electron chi connectivity index (χ4n) is 4.87. The van der Waals surface area contributed by atoms with Crippen molar-refractivity contribution in [2.75, 3.05) is 0 Å². The van der Waals surface area contributed by atoms with Gasteiger partial charge in [-0.1, -0.05) is 45.0 Å². The molecule has 4 rings (SSSR count). The van der Waals surface area contributed by atoms with Gasteiger partial charge in [0.2, 0.25) is 11.6 Å². The highest BCUT2D eigenvalue weighted by atomic mass is 16.5. The minimum Gasteiger partial charge on any atom is -0.426 e. The molecule has 0 saturated heterocycles. The number of ether oxygens (including phenoxy) is 1. The first-order chi connectivity index (χ1) is 13.7. The van der Waals surface area contributed by atoms with Gasteiger partial charge >= 0.3 is 5.97 Å². The largest absolute Gasteiger partial charge is 0.426 e. The number of nitrogens with zero attached hydrogens (tertiary/aromatic N) is 1. The molecule has 5 nitrogen and oxygen atoms in total. The molecule has 2 atom stereocenters. The average molecular weight is 387 g/mol. The Hall–Kier alpha value is -3.26. The van der Waals surface area contributed by atoms with Crippen molar-refractivity contribution in [3.8, 4) is 22.9 Å². The lowest BCUT2D eigenvalue weighted by atomic mass is 9.65. The second kappa shape index (κ2) is 6.12. The van der Waals surface area contributed by atoms with Gasteiger partial charge < -0.3 is 4.74 Å². The van der Waals surface area contributed by atoms with Gasteiger partial charge in [-0.15, -0.1) is 0 Å². The van der Waals surface area contributed by atoms with Gasteiger partial charge in [-0.3, -0.25) is 14.4 Å². The van der Waals surface area contributed by atoms with Crippen LogP contribution >= 0.6 is 0 Å². The molecule has 0 heterocycles. The van der Waals surface area contributed by atoms with E-state index >= 15 is 0 Å². The van der Waals surface area contributed by atoms with Crippen LogP contribution in [0.5, 0.6) is 5.75 Å². The van der Waals surface area contributed by atoms with E-state index in [1.54, 1.807) is 31.2 Å². The zero-order valence-electron chi connectivity index (χ0n) is 16.6. The van der Waals surface area contributed by atoms with Gasteiger partial charge in [0, 0.05) is 10.8 Å². The van der Waals surface area contributed by atoms with Crippen molar-refractivity contribution in [1.82, 2.24) is 0 Å². The third-order valence-electron chi connectivity index (χ3n) is 7.30. The first-order valence-corrected chi connectivity index (χ1v) is 9.59. The van der Waals surface area contributed by atoms with Gasteiger partial charge in [-0.05, 0) is 48.2 Å². The summed E-state index contributed by atoms with van der Waals surface area (Å²) in [4.78, 5) is 38.4. The van der Waals surface area contributed by atoms with E-state index in [1.165, 1.54) is 0 Å². The standard InChI is InChI=1S/C24H21NO4/c1-22(2)23(3)12-13-24(22,20(27)19(23)26)21(28)29-18-10-8-17(9-11-18)16-6-4-15(14-25)5-7-16/h4-11H,12-13H2,1-3H3/t23-,24+/m0/s1. The predicted octanol–water partition coefficient (Wildman–Crippen LogP) is 4.10. The topological polar surface area (TPSA) is 84.2 Å². The second-order valence-corrected chi connectivity index (χ2v) is 8.62. The zero-order valence-corrected chi connectivity index (χ0v) is 16.6. The molecule has 0 aromatic heterocycles. The summed E-state index contributed by atoms with van der Waals surface area (Å²) in [7, 11) is 0. The molecule has 2 aromatic rings. The summed E-state index contributed by atoms with van der Waals surface area (Å²) in [5, 5.41) is 8.90. The molecule has 2 bridgehead atoms. The van der Waals surface area contributed by atoms with Crippen LogP contribution < -0.4 is 4.74 Å². The molecule has 0 N–H and O–H groups in total. The van der Waals surface area contributed by atoms with Crippen LogP contribution in [0.4, 0.5) is 0 Å². The normalized spacial score (nSPS) is 27.0. The molecular weight excluding hydrogens is 366 g/mol. The van der Waals surface area contributed by atoms with Crippen LogP contribution in [0.1, 0.15) is 39.2 Å². The predicted molar refractivity (Wildman–Crippen MR) is 106 cm³/mol. The van der Waals surface area contributed by atoms with Crippen molar-refractivity contribution >= 4 is 17.5 Å². The average Bonchev–Trinajstić information content (AvgIpc) is 3.00. The first kappa shape index (κ1) is 19.1. The zero-order chi connectivity index (χ0) is 21.0. The summed E-state index contributed by atoms with van der Waals surface area (Å²) in [6.45, 7) is 5.41. The highest BCUT2D eigenvalue weighted by Gasteiger charge is 2.78. The van der Waals surface area contributed by atoms with Crippen LogP contribution in [0.2, 0.25) is 0 Å². The van der Waals surface area contributed by atoms with Crippen molar-refractivity contribution in [2.45, 2.75) is 33.6 Å². The maximum atomic E-state index is 13.1. The first-order valence-electron chi connectivity index (χ1n) is 9.59. The van der Waals surface area contributed by atoms with Crippen molar-refractivity contribution in [3.05, 3.63) is 54.1 Å². The Morgan fingerprint density at radius 1 is 0.897 bits per heavy atom. The molecule has 2 aromatic carbocycles. The number of hydrogen-bond acceptors (Lipinski definition) is 5. The van der Waals surface area contributed by atoms with E-state index in [9.17, 15) is 14.4 Å². The van der Waals surface area contributed by atoms with Crippen LogP contribution in [-0.4, -0.2) is 17.5 Å². The summed E-state index contributed by atoms with van der Waals surface area (Å²) < 4.78 is 5.59. The molecule has 5 heteroatoms. The quantitative estimate of drug-likeness (QED) is 0.343. The fraction of sp³-hybridized carbons (Fsp3) is 0.333. The second-order valence-electron chi connectivity index (χ2n) is 8.62. The summed E-state index contributed by atoms with van der Waals surface area (Å²) in [5.41, 5.74) is -0.584. The summed E-state index contributed by atoms with van der Waals surface area (Å²) in [6, 6.07) is 16.2. The van der Waals surface area contributed by atoms with Gasteiger partial charge in [0.15, 0.2) is 0 Å². The number of Topliss-reactive ketones (excluding diaryl/α,β-unsaturated/α-hetero) is 2. The van der Waals surface area contributed by atoms with E-state index in [0.29, 0.717) is 24.2 Å². The Morgan fingerprint density at radius 2 is 1.45 bits per heavy atom. The molecular formula is C24H21NO4. The van der Waals surface area contributed by atoms with Crippen LogP contribution in [0.15, 0.2) is 48.5 Å². The summed E-state index contributed by atoms with van der Waals surface area (Å²) in [5.74, 6) is -1.39. The smallest absolute Gasteiger partial charge is 0.326 e. The number of hydrogen-bond donors (Lipinski definition) is 0. The molecule has 29 heavy (non-hydrogen) atoms. The highest BCUT2D eigenvalue weighted by molar-refractivity contribution is 6.48. The molecule has 0 unspecified atom stereocenters. The highest BCUT2D eigenvalue weighted by Crippen LogP contribution is 2.69. The lowest BCUT2D eigenvalue weighted by molar-refractivity contribution is -0.157. The van der Waals surface area contributed by atoms with Crippen molar-refractivity contribution in [2.24, 2.45) is 16.2 Å².